The second-order valence-electron chi connectivity index (χ2n) is 5.01. The molecule has 0 radical (unpaired) electrons. The van der Waals surface area contributed by atoms with Crippen molar-refractivity contribution >= 4 is 11.3 Å². The lowest BCUT2D eigenvalue weighted by Gasteiger charge is -2.13. The highest BCUT2D eigenvalue weighted by Crippen LogP contribution is 2.27. The van der Waals surface area contributed by atoms with E-state index >= 15 is 0 Å². The van der Waals surface area contributed by atoms with Gasteiger partial charge in [-0.25, -0.2) is 0 Å². The van der Waals surface area contributed by atoms with E-state index in [4.69, 9.17) is 9.84 Å². The minimum absolute atomic E-state index is 0.102. The van der Waals surface area contributed by atoms with Crippen LogP contribution in [0.5, 0.6) is 5.75 Å². The van der Waals surface area contributed by atoms with Gasteiger partial charge in [-0.05, 0) is 29.0 Å². The summed E-state index contributed by atoms with van der Waals surface area (Å²) < 4.78 is 5.98. The fourth-order valence-electron chi connectivity index (χ4n) is 2.01. The molecule has 0 aliphatic rings. The SMILES string of the molecule is CC(C)c1ccccc1OCc1sccc1C#CCCO. The van der Waals surface area contributed by atoms with E-state index in [1.807, 2.05) is 29.6 Å². The number of aliphatic hydroxyl groups is 1. The Balaban J connectivity index is 2.08. The first kappa shape index (κ1) is 15.6. The molecule has 110 valence electrons. The minimum Gasteiger partial charge on any atom is -0.488 e. The van der Waals surface area contributed by atoms with Crippen LogP contribution < -0.4 is 4.74 Å². The van der Waals surface area contributed by atoms with Crippen LogP contribution in [0.15, 0.2) is 35.7 Å². The lowest BCUT2D eigenvalue weighted by Crippen LogP contribution is -1.99. The van der Waals surface area contributed by atoms with Gasteiger partial charge in [-0.1, -0.05) is 43.9 Å². The molecule has 2 nitrogen and oxygen atoms in total. The monoisotopic (exact) mass is 300 g/mol. The van der Waals surface area contributed by atoms with Gasteiger partial charge in [0.2, 0.25) is 0 Å². The molecule has 0 aliphatic carbocycles. The number of hydrogen-bond acceptors (Lipinski definition) is 3. The quantitative estimate of drug-likeness (QED) is 0.839. The average Bonchev–Trinajstić information content (AvgIpc) is 2.93. The second kappa shape index (κ2) is 7.87. The van der Waals surface area contributed by atoms with E-state index in [1.54, 1.807) is 11.3 Å². The summed E-state index contributed by atoms with van der Waals surface area (Å²) in [5.41, 5.74) is 2.22. The zero-order valence-corrected chi connectivity index (χ0v) is 13.2. The van der Waals surface area contributed by atoms with E-state index in [0.29, 0.717) is 18.9 Å². The summed E-state index contributed by atoms with van der Waals surface area (Å²) >= 11 is 1.65. The molecule has 1 aromatic heterocycles. The first-order valence-electron chi connectivity index (χ1n) is 7.10. The van der Waals surface area contributed by atoms with Gasteiger partial charge >= 0.3 is 0 Å². The summed E-state index contributed by atoms with van der Waals surface area (Å²) in [5.74, 6) is 7.42. The van der Waals surface area contributed by atoms with Gasteiger partial charge in [0.1, 0.15) is 12.4 Å². The van der Waals surface area contributed by atoms with Crippen LogP contribution in [0.2, 0.25) is 0 Å². The summed E-state index contributed by atoms with van der Waals surface area (Å²) in [7, 11) is 0. The molecule has 1 aromatic carbocycles. The van der Waals surface area contributed by atoms with Crippen molar-refractivity contribution in [1.29, 1.82) is 0 Å². The van der Waals surface area contributed by atoms with Crippen LogP contribution in [-0.2, 0) is 6.61 Å². The molecule has 0 fully saturated rings. The lowest BCUT2D eigenvalue weighted by molar-refractivity contribution is 0.304. The molecule has 21 heavy (non-hydrogen) atoms. The van der Waals surface area contributed by atoms with Crippen molar-refractivity contribution < 1.29 is 9.84 Å². The van der Waals surface area contributed by atoms with Crippen LogP contribution in [-0.4, -0.2) is 11.7 Å². The molecule has 2 aromatic rings. The Morgan fingerprint density at radius 3 is 2.81 bits per heavy atom. The topological polar surface area (TPSA) is 29.5 Å². The van der Waals surface area contributed by atoms with Gasteiger partial charge in [0.05, 0.1) is 11.5 Å². The van der Waals surface area contributed by atoms with Gasteiger partial charge in [-0.3, -0.25) is 0 Å². The third-order valence-corrected chi connectivity index (χ3v) is 4.00. The second-order valence-corrected chi connectivity index (χ2v) is 6.01. The van der Waals surface area contributed by atoms with Crippen LogP contribution in [0.1, 0.15) is 42.2 Å². The van der Waals surface area contributed by atoms with Crippen LogP contribution in [0.4, 0.5) is 0 Å². The molecule has 0 bridgehead atoms. The van der Waals surface area contributed by atoms with Gasteiger partial charge in [-0.2, -0.15) is 0 Å². The third-order valence-electron chi connectivity index (χ3n) is 3.11. The van der Waals surface area contributed by atoms with Crippen molar-refractivity contribution in [2.24, 2.45) is 0 Å². The van der Waals surface area contributed by atoms with Gasteiger partial charge in [0.25, 0.3) is 0 Å². The van der Waals surface area contributed by atoms with E-state index in [-0.39, 0.29) is 6.61 Å². The molecule has 0 aliphatic heterocycles. The predicted molar refractivity (Wildman–Crippen MR) is 87.8 cm³/mol. The normalized spacial score (nSPS) is 10.3. The van der Waals surface area contributed by atoms with E-state index in [0.717, 1.165) is 16.2 Å². The van der Waals surface area contributed by atoms with E-state index < -0.39 is 0 Å². The molecule has 0 unspecified atom stereocenters. The number of hydrogen-bond donors (Lipinski definition) is 1. The molecule has 3 heteroatoms. The number of aliphatic hydroxyl groups excluding tert-OH is 1. The largest absolute Gasteiger partial charge is 0.488 e. The van der Waals surface area contributed by atoms with Crippen molar-refractivity contribution in [3.05, 3.63) is 51.7 Å². The van der Waals surface area contributed by atoms with Crippen molar-refractivity contribution in [3.63, 3.8) is 0 Å². The lowest BCUT2D eigenvalue weighted by atomic mass is 10.0. The van der Waals surface area contributed by atoms with Crippen LogP contribution in [0.25, 0.3) is 0 Å². The van der Waals surface area contributed by atoms with E-state index in [1.165, 1.54) is 5.56 Å². The molecular formula is C18H20O2S. The Labute approximate surface area is 130 Å². The van der Waals surface area contributed by atoms with Gasteiger partial charge in [0.15, 0.2) is 0 Å². The highest BCUT2D eigenvalue weighted by atomic mass is 32.1. The fraction of sp³-hybridized carbons (Fsp3) is 0.333. The zero-order valence-electron chi connectivity index (χ0n) is 12.4. The maximum atomic E-state index is 8.77. The van der Waals surface area contributed by atoms with Crippen LogP contribution >= 0.6 is 11.3 Å². The van der Waals surface area contributed by atoms with Gasteiger partial charge < -0.3 is 9.84 Å². The molecule has 0 spiro atoms. The smallest absolute Gasteiger partial charge is 0.124 e. The standard InChI is InChI=1S/C18H20O2S/c1-14(2)16-8-3-4-9-17(16)20-13-18-15(10-12-21-18)7-5-6-11-19/h3-4,8-10,12,14,19H,6,11,13H2,1-2H3. The van der Waals surface area contributed by atoms with Crippen molar-refractivity contribution in [2.75, 3.05) is 6.61 Å². The van der Waals surface area contributed by atoms with Crippen molar-refractivity contribution in [2.45, 2.75) is 32.8 Å². The number of thiophene rings is 1. The Morgan fingerprint density at radius 1 is 1.24 bits per heavy atom. The van der Waals surface area contributed by atoms with Crippen molar-refractivity contribution in [3.8, 4) is 17.6 Å². The predicted octanol–water partition coefficient (Wildman–Crippen LogP) is 4.18. The summed E-state index contributed by atoms with van der Waals surface area (Å²) in [4.78, 5) is 1.12. The Morgan fingerprint density at radius 2 is 2.05 bits per heavy atom. The first-order chi connectivity index (χ1) is 10.2. The number of ether oxygens (including phenoxy) is 1. The summed E-state index contributed by atoms with van der Waals surface area (Å²) in [6.45, 7) is 4.97. The summed E-state index contributed by atoms with van der Waals surface area (Å²) in [5, 5.41) is 10.8. The Hall–Kier alpha value is -1.76. The van der Waals surface area contributed by atoms with E-state index in [9.17, 15) is 0 Å². The molecule has 0 saturated heterocycles. The maximum absolute atomic E-state index is 8.77. The number of rotatable bonds is 5. The fourth-order valence-corrected chi connectivity index (χ4v) is 2.75. The average molecular weight is 300 g/mol. The van der Waals surface area contributed by atoms with Crippen molar-refractivity contribution in [1.82, 2.24) is 0 Å². The molecule has 0 atom stereocenters. The highest BCUT2D eigenvalue weighted by Gasteiger charge is 2.08. The number of benzene rings is 1. The molecule has 1 N–H and O–H groups in total. The number of para-hydroxylation sites is 1. The molecule has 1 heterocycles. The third kappa shape index (κ3) is 4.35. The Kier molecular flexibility index (Phi) is 5.86. The summed E-state index contributed by atoms with van der Waals surface area (Å²) in [6.07, 6.45) is 0.506. The Bertz CT molecular complexity index is 632. The molecule has 0 saturated carbocycles. The zero-order chi connectivity index (χ0) is 15.1. The summed E-state index contributed by atoms with van der Waals surface area (Å²) in [6, 6.07) is 10.2. The first-order valence-corrected chi connectivity index (χ1v) is 7.98. The van der Waals surface area contributed by atoms with E-state index in [2.05, 4.69) is 31.8 Å². The van der Waals surface area contributed by atoms with Gasteiger partial charge in [0, 0.05) is 12.0 Å². The minimum atomic E-state index is 0.102. The highest BCUT2D eigenvalue weighted by molar-refractivity contribution is 7.10. The molecular weight excluding hydrogens is 280 g/mol. The molecule has 2 rings (SSSR count). The maximum Gasteiger partial charge on any atom is 0.124 e. The van der Waals surface area contributed by atoms with Gasteiger partial charge in [-0.15, -0.1) is 11.3 Å². The van der Waals surface area contributed by atoms with Crippen LogP contribution in [0, 0.1) is 11.8 Å². The van der Waals surface area contributed by atoms with Crippen LogP contribution in [0.3, 0.4) is 0 Å². The molecule has 0 amide bonds.